The van der Waals surface area contributed by atoms with Crippen molar-refractivity contribution >= 4 is 12.4 Å². The third-order valence-electron chi connectivity index (χ3n) is 5.96. The minimum absolute atomic E-state index is 0. The van der Waals surface area contributed by atoms with Gasteiger partial charge in [0.1, 0.15) is 0 Å². The van der Waals surface area contributed by atoms with E-state index >= 15 is 0 Å². The van der Waals surface area contributed by atoms with Crippen LogP contribution in [-0.2, 0) is 0 Å². The summed E-state index contributed by atoms with van der Waals surface area (Å²) in [6.07, 6.45) is 32.3. The van der Waals surface area contributed by atoms with Gasteiger partial charge >= 0.3 is 0 Å². The van der Waals surface area contributed by atoms with Crippen LogP contribution in [0.4, 0.5) is 0 Å². The molecule has 1 nitrogen and oxygen atoms in total. The molecule has 0 aromatic rings. The quantitative estimate of drug-likeness (QED) is 0.149. The van der Waals surface area contributed by atoms with Gasteiger partial charge in [-0.3, -0.25) is 0 Å². The second kappa shape index (κ2) is 27.2. The number of unbranched alkanes of at least 4 members (excludes halogenated alkanes) is 21. The van der Waals surface area contributed by atoms with Crippen LogP contribution >= 0.6 is 12.4 Å². The van der Waals surface area contributed by atoms with Gasteiger partial charge in [-0.2, -0.15) is 0 Å². The molecule has 0 atom stereocenters. The highest BCUT2D eigenvalue weighted by atomic mass is 35.5. The molecule has 0 amide bonds. The van der Waals surface area contributed by atoms with Gasteiger partial charge in [-0.15, -0.1) is 12.4 Å². The molecule has 0 aliphatic rings. The maximum Gasteiger partial charge on any atom is -0.00248 e. The van der Waals surface area contributed by atoms with Crippen molar-refractivity contribution in [3.8, 4) is 0 Å². The minimum Gasteiger partial charge on any atom is -0.309 e. The SMILES string of the molecule is CCCCCCCCCCCCCCCCCCCCCCCCN(C)C.Cl. The van der Waals surface area contributed by atoms with Crippen LogP contribution < -0.4 is 0 Å². The smallest absolute Gasteiger partial charge is 0.00248 e. The third-order valence-corrected chi connectivity index (χ3v) is 5.96. The topological polar surface area (TPSA) is 3.24 Å². The summed E-state index contributed by atoms with van der Waals surface area (Å²) in [6, 6.07) is 0. The van der Waals surface area contributed by atoms with E-state index in [-0.39, 0.29) is 12.4 Å². The van der Waals surface area contributed by atoms with E-state index in [9.17, 15) is 0 Å². The van der Waals surface area contributed by atoms with Crippen LogP contribution in [0, 0.1) is 0 Å². The Hall–Kier alpha value is 0.250. The van der Waals surface area contributed by atoms with Crippen molar-refractivity contribution in [1.29, 1.82) is 0 Å². The molecule has 0 N–H and O–H groups in total. The van der Waals surface area contributed by atoms with Crippen molar-refractivity contribution < 1.29 is 0 Å². The van der Waals surface area contributed by atoms with Crippen molar-refractivity contribution in [3.05, 3.63) is 0 Å². The summed E-state index contributed by atoms with van der Waals surface area (Å²) in [7, 11) is 4.36. The molecule has 0 saturated carbocycles. The van der Waals surface area contributed by atoms with Crippen molar-refractivity contribution in [2.24, 2.45) is 0 Å². The Morgan fingerprint density at radius 1 is 0.357 bits per heavy atom. The molecule has 0 aromatic heterocycles. The average Bonchev–Trinajstić information content (AvgIpc) is 2.65. The summed E-state index contributed by atoms with van der Waals surface area (Å²) >= 11 is 0. The van der Waals surface area contributed by atoms with E-state index in [1.165, 1.54) is 148 Å². The third kappa shape index (κ3) is 28.5. The van der Waals surface area contributed by atoms with Crippen LogP contribution in [-0.4, -0.2) is 25.5 Å². The minimum atomic E-state index is 0. The fourth-order valence-corrected chi connectivity index (χ4v) is 4.04. The molecule has 2 heteroatoms. The first kappa shape index (κ1) is 30.4. The molecule has 0 spiro atoms. The molecule has 172 valence electrons. The lowest BCUT2D eigenvalue weighted by atomic mass is 10.0. The Kier molecular flexibility index (Phi) is 29.6. The van der Waals surface area contributed by atoms with Gasteiger partial charge in [-0.25, -0.2) is 0 Å². The lowest BCUT2D eigenvalue weighted by Crippen LogP contribution is -2.12. The highest BCUT2D eigenvalue weighted by molar-refractivity contribution is 5.85. The molecule has 0 aliphatic carbocycles. The van der Waals surface area contributed by atoms with E-state index in [0.29, 0.717) is 0 Å². The highest BCUT2D eigenvalue weighted by Gasteiger charge is 1.96. The van der Waals surface area contributed by atoms with Gasteiger partial charge in [-0.1, -0.05) is 142 Å². The van der Waals surface area contributed by atoms with Crippen molar-refractivity contribution in [2.45, 2.75) is 148 Å². The molecule has 0 unspecified atom stereocenters. The summed E-state index contributed by atoms with van der Waals surface area (Å²) in [5, 5.41) is 0. The van der Waals surface area contributed by atoms with E-state index in [0.717, 1.165) is 0 Å². The molecule has 28 heavy (non-hydrogen) atoms. The van der Waals surface area contributed by atoms with Crippen molar-refractivity contribution in [1.82, 2.24) is 4.90 Å². The maximum absolute atomic E-state index is 2.30. The largest absolute Gasteiger partial charge is 0.309 e. The lowest BCUT2D eigenvalue weighted by Gasteiger charge is -2.08. The Morgan fingerprint density at radius 2 is 0.571 bits per heavy atom. The number of hydrogen-bond acceptors (Lipinski definition) is 1. The van der Waals surface area contributed by atoms with E-state index < -0.39 is 0 Å². The Balaban J connectivity index is 0. The standard InChI is InChI=1S/C26H55N.ClH/c1-4-5-6-7-8-9-10-11-12-13-14-15-16-17-18-19-20-21-22-23-24-25-26-27(2)3;/h4-26H2,1-3H3;1H. The second-order valence-electron chi connectivity index (χ2n) is 9.23. The van der Waals surface area contributed by atoms with E-state index in [2.05, 4.69) is 25.9 Å². The second-order valence-corrected chi connectivity index (χ2v) is 9.23. The first-order chi connectivity index (χ1) is 13.3. The highest BCUT2D eigenvalue weighted by Crippen LogP contribution is 2.15. The van der Waals surface area contributed by atoms with Gasteiger partial charge in [-0.05, 0) is 27.1 Å². The average molecular weight is 418 g/mol. The molecule has 0 rings (SSSR count). The first-order valence-corrected chi connectivity index (χ1v) is 12.9. The number of nitrogens with zero attached hydrogens (tertiary/aromatic N) is 1. The van der Waals surface area contributed by atoms with E-state index in [1.807, 2.05) is 0 Å². The van der Waals surface area contributed by atoms with Crippen LogP contribution in [0.15, 0.2) is 0 Å². The van der Waals surface area contributed by atoms with Gasteiger partial charge in [0, 0.05) is 0 Å². The summed E-state index contributed by atoms with van der Waals surface area (Å²) in [5.74, 6) is 0. The maximum atomic E-state index is 2.30. The van der Waals surface area contributed by atoms with E-state index in [1.54, 1.807) is 0 Å². The molecule has 0 fully saturated rings. The van der Waals surface area contributed by atoms with Gasteiger partial charge in [0.25, 0.3) is 0 Å². The zero-order valence-corrected chi connectivity index (χ0v) is 20.9. The van der Waals surface area contributed by atoms with Crippen molar-refractivity contribution in [3.63, 3.8) is 0 Å². The molecule has 0 heterocycles. The Bertz CT molecular complexity index is 255. The van der Waals surface area contributed by atoms with Crippen LogP contribution in [0.5, 0.6) is 0 Å². The number of rotatable bonds is 23. The monoisotopic (exact) mass is 417 g/mol. The fraction of sp³-hybridized carbons (Fsp3) is 1.00. The molecule has 0 aliphatic heterocycles. The predicted octanol–water partition coefficient (Wildman–Crippen LogP) is 9.57. The van der Waals surface area contributed by atoms with E-state index in [4.69, 9.17) is 0 Å². The zero-order chi connectivity index (χ0) is 19.8. The first-order valence-electron chi connectivity index (χ1n) is 12.9. The van der Waals surface area contributed by atoms with Crippen LogP contribution in [0.25, 0.3) is 0 Å². The van der Waals surface area contributed by atoms with Crippen LogP contribution in [0.1, 0.15) is 148 Å². The summed E-state index contributed by atoms with van der Waals surface area (Å²) < 4.78 is 0. The van der Waals surface area contributed by atoms with Crippen LogP contribution in [0.3, 0.4) is 0 Å². The van der Waals surface area contributed by atoms with Gasteiger partial charge in [0.2, 0.25) is 0 Å². The normalized spacial score (nSPS) is 11.1. The predicted molar refractivity (Wildman–Crippen MR) is 133 cm³/mol. The fourth-order valence-electron chi connectivity index (χ4n) is 4.04. The zero-order valence-electron chi connectivity index (χ0n) is 20.1. The van der Waals surface area contributed by atoms with Gasteiger partial charge < -0.3 is 4.90 Å². The Labute approximate surface area is 186 Å². The summed E-state index contributed by atoms with van der Waals surface area (Å²) in [6.45, 7) is 3.57. The molecule has 0 bridgehead atoms. The van der Waals surface area contributed by atoms with Crippen molar-refractivity contribution in [2.75, 3.05) is 20.6 Å². The number of halogens is 1. The van der Waals surface area contributed by atoms with Crippen LogP contribution in [0.2, 0.25) is 0 Å². The summed E-state index contributed by atoms with van der Waals surface area (Å²) in [5.41, 5.74) is 0. The molecule has 0 radical (unpaired) electrons. The molecular formula is C26H56ClN. The number of hydrogen-bond donors (Lipinski definition) is 0. The Morgan fingerprint density at radius 3 is 0.786 bits per heavy atom. The molecule has 0 saturated heterocycles. The van der Waals surface area contributed by atoms with Gasteiger partial charge in [0.15, 0.2) is 0 Å². The lowest BCUT2D eigenvalue weighted by molar-refractivity contribution is 0.389. The molecule has 0 aromatic carbocycles. The molecular weight excluding hydrogens is 362 g/mol. The summed E-state index contributed by atoms with van der Waals surface area (Å²) in [4.78, 5) is 2.30. The van der Waals surface area contributed by atoms with Gasteiger partial charge in [0.05, 0.1) is 0 Å².